The van der Waals surface area contributed by atoms with Crippen molar-refractivity contribution in [3.63, 3.8) is 0 Å². The van der Waals surface area contributed by atoms with Crippen molar-refractivity contribution in [2.45, 2.75) is 19.3 Å². The van der Waals surface area contributed by atoms with Gasteiger partial charge in [-0.3, -0.25) is 4.79 Å². The molecule has 1 heterocycles. The molecule has 17 heavy (non-hydrogen) atoms. The van der Waals surface area contributed by atoms with Crippen molar-refractivity contribution in [1.29, 1.82) is 0 Å². The van der Waals surface area contributed by atoms with E-state index in [0.717, 1.165) is 25.0 Å². The van der Waals surface area contributed by atoms with Gasteiger partial charge >= 0.3 is 0 Å². The third-order valence-corrected chi connectivity index (χ3v) is 2.92. The predicted octanol–water partition coefficient (Wildman–Crippen LogP) is 2.27. The summed E-state index contributed by atoms with van der Waals surface area (Å²) >= 11 is 0. The zero-order chi connectivity index (χ0) is 12.4. The lowest BCUT2D eigenvalue weighted by Crippen LogP contribution is -2.29. The number of rotatable bonds is 2. The molecular formula is C12H12F3NO. The van der Waals surface area contributed by atoms with Crippen molar-refractivity contribution in [3.8, 4) is 0 Å². The Morgan fingerprint density at radius 1 is 1.12 bits per heavy atom. The average molecular weight is 243 g/mol. The highest BCUT2D eigenvalue weighted by Crippen LogP contribution is 2.17. The molecule has 1 aliphatic rings. The molecule has 1 fully saturated rings. The fraction of sp³-hybridized carbons (Fsp3) is 0.417. The lowest BCUT2D eigenvalue weighted by Gasteiger charge is -2.15. The maximum absolute atomic E-state index is 13.3. The fourth-order valence-corrected chi connectivity index (χ4v) is 1.94. The Hall–Kier alpha value is -1.52. The molecule has 0 bridgehead atoms. The Bertz CT molecular complexity index is 442. The van der Waals surface area contributed by atoms with E-state index in [1.54, 1.807) is 4.90 Å². The third-order valence-electron chi connectivity index (χ3n) is 2.92. The minimum Gasteiger partial charge on any atom is -0.342 e. The maximum atomic E-state index is 13.3. The van der Waals surface area contributed by atoms with Gasteiger partial charge in [0.25, 0.3) is 0 Å². The van der Waals surface area contributed by atoms with Crippen LogP contribution >= 0.6 is 0 Å². The quantitative estimate of drug-likeness (QED) is 0.730. The Morgan fingerprint density at radius 3 is 2.41 bits per heavy atom. The van der Waals surface area contributed by atoms with Crippen LogP contribution in [0.5, 0.6) is 0 Å². The van der Waals surface area contributed by atoms with E-state index in [0.29, 0.717) is 13.1 Å². The van der Waals surface area contributed by atoms with E-state index in [-0.39, 0.29) is 17.9 Å². The highest BCUT2D eigenvalue weighted by atomic mass is 19.2. The molecule has 0 saturated carbocycles. The molecule has 0 N–H and O–H groups in total. The molecule has 0 spiro atoms. The van der Waals surface area contributed by atoms with Gasteiger partial charge in [0.2, 0.25) is 5.91 Å². The number of benzene rings is 1. The van der Waals surface area contributed by atoms with Gasteiger partial charge in [0.15, 0.2) is 17.5 Å². The van der Waals surface area contributed by atoms with Crippen molar-refractivity contribution < 1.29 is 18.0 Å². The number of carbonyl (C=O) groups is 1. The van der Waals surface area contributed by atoms with Crippen LogP contribution in [0, 0.1) is 17.5 Å². The Morgan fingerprint density at radius 2 is 1.76 bits per heavy atom. The van der Waals surface area contributed by atoms with E-state index in [1.165, 1.54) is 0 Å². The molecule has 92 valence electrons. The van der Waals surface area contributed by atoms with E-state index in [1.807, 2.05) is 0 Å². The van der Waals surface area contributed by atoms with Crippen LogP contribution in [0.15, 0.2) is 12.1 Å². The molecule has 1 aromatic rings. The molecule has 0 unspecified atom stereocenters. The number of nitrogens with zero attached hydrogens (tertiary/aromatic N) is 1. The van der Waals surface area contributed by atoms with Crippen LogP contribution < -0.4 is 0 Å². The second kappa shape index (κ2) is 4.77. The average Bonchev–Trinajstić information content (AvgIpc) is 2.83. The van der Waals surface area contributed by atoms with Crippen molar-refractivity contribution >= 4 is 5.91 Å². The van der Waals surface area contributed by atoms with Crippen molar-refractivity contribution in [3.05, 3.63) is 35.1 Å². The highest BCUT2D eigenvalue weighted by Gasteiger charge is 2.21. The van der Waals surface area contributed by atoms with E-state index in [9.17, 15) is 18.0 Å². The van der Waals surface area contributed by atoms with Gasteiger partial charge in [0, 0.05) is 18.7 Å². The van der Waals surface area contributed by atoms with Gasteiger partial charge in [-0.15, -0.1) is 0 Å². The van der Waals surface area contributed by atoms with Crippen LogP contribution in [0.25, 0.3) is 0 Å². The topological polar surface area (TPSA) is 20.3 Å². The zero-order valence-electron chi connectivity index (χ0n) is 9.18. The summed E-state index contributed by atoms with van der Waals surface area (Å²) in [6.07, 6.45) is 1.65. The molecule has 0 radical (unpaired) electrons. The lowest BCUT2D eigenvalue weighted by molar-refractivity contribution is -0.129. The number of carbonyl (C=O) groups excluding carboxylic acids is 1. The van der Waals surface area contributed by atoms with Gasteiger partial charge in [-0.25, -0.2) is 13.2 Å². The first kappa shape index (κ1) is 12.0. The van der Waals surface area contributed by atoms with Gasteiger partial charge in [0.1, 0.15) is 0 Å². The molecule has 1 aromatic carbocycles. The summed E-state index contributed by atoms with van der Waals surface area (Å²) in [6.45, 7) is 1.31. The monoisotopic (exact) mass is 243 g/mol. The first-order valence-electron chi connectivity index (χ1n) is 5.49. The van der Waals surface area contributed by atoms with Crippen LogP contribution in [-0.4, -0.2) is 23.9 Å². The van der Waals surface area contributed by atoms with Crippen LogP contribution in [0.4, 0.5) is 13.2 Å². The van der Waals surface area contributed by atoms with Gasteiger partial charge in [-0.05, 0) is 18.9 Å². The van der Waals surface area contributed by atoms with Crippen LogP contribution in [0.3, 0.4) is 0 Å². The molecule has 1 saturated heterocycles. The van der Waals surface area contributed by atoms with E-state index in [2.05, 4.69) is 0 Å². The number of amides is 1. The normalized spacial score (nSPS) is 15.4. The van der Waals surface area contributed by atoms with Crippen molar-refractivity contribution in [2.24, 2.45) is 0 Å². The zero-order valence-corrected chi connectivity index (χ0v) is 9.18. The smallest absolute Gasteiger partial charge is 0.227 e. The standard InChI is InChI=1S/C12H12F3NO/c13-9-4-3-8(11(14)12(9)15)7-10(17)16-5-1-2-6-16/h3-4H,1-2,5-7H2. The molecule has 1 amide bonds. The van der Waals surface area contributed by atoms with Gasteiger partial charge in [-0.2, -0.15) is 0 Å². The molecule has 1 aliphatic heterocycles. The van der Waals surface area contributed by atoms with Gasteiger partial charge in [0.05, 0.1) is 6.42 Å². The summed E-state index contributed by atoms with van der Waals surface area (Å²) in [7, 11) is 0. The van der Waals surface area contributed by atoms with Crippen LogP contribution in [0.2, 0.25) is 0 Å². The maximum Gasteiger partial charge on any atom is 0.227 e. The van der Waals surface area contributed by atoms with E-state index in [4.69, 9.17) is 0 Å². The van der Waals surface area contributed by atoms with Crippen molar-refractivity contribution in [1.82, 2.24) is 4.90 Å². The molecule has 0 aliphatic carbocycles. The first-order valence-corrected chi connectivity index (χ1v) is 5.49. The van der Waals surface area contributed by atoms with E-state index >= 15 is 0 Å². The SMILES string of the molecule is O=C(Cc1ccc(F)c(F)c1F)N1CCCC1. The second-order valence-corrected chi connectivity index (χ2v) is 4.10. The highest BCUT2D eigenvalue weighted by molar-refractivity contribution is 5.79. The van der Waals surface area contributed by atoms with Crippen molar-refractivity contribution in [2.75, 3.05) is 13.1 Å². The number of hydrogen-bond acceptors (Lipinski definition) is 1. The largest absolute Gasteiger partial charge is 0.342 e. The number of likely N-dealkylation sites (tertiary alicyclic amines) is 1. The Balaban J connectivity index is 2.13. The fourth-order valence-electron chi connectivity index (χ4n) is 1.94. The second-order valence-electron chi connectivity index (χ2n) is 4.10. The minimum atomic E-state index is -1.52. The van der Waals surface area contributed by atoms with Gasteiger partial charge in [-0.1, -0.05) is 6.07 Å². The molecular weight excluding hydrogens is 231 g/mol. The summed E-state index contributed by atoms with van der Waals surface area (Å²) in [5, 5.41) is 0. The minimum absolute atomic E-state index is 0.0965. The summed E-state index contributed by atoms with van der Waals surface area (Å²) in [6, 6.07) is 1.95. The summed E-state index contributed by atoms with van der Waals surface area (Å²) in [4.78, 5) is 13.3. The molecule has 2 rings (SSSR count). The Labute approximate surface area is 97.0 Å². The van der Waals surface area contributed by atoms with Gasteiger partial charge < -0.3 is 4.90 Å². The Kier molecular flexibility index (Phi) is 3.36. The van der Waals surface area contributed by atoms with E-state index < -0.39 is 17.5 Å². The number of hydrogen-bond donors (Lipinski definition) is 0. The molecule has 5 heteroatoms. The lowest BCUT2D eigenvalue weighted by atomic mass is 10.1. The van der Waals surface area contributed by atoms with Crippen LogP contribution in [-0.2, 0) is 11.2 Å². The summed E-state index contributed by atoms with van der Waals surface area (Å²) in [5.74, 6) is -4.26. The number of halogens is 3. The summed E-state index contributed by atoms with van der Waals surface area (Å²) < 4.78 is 39.0. The predicted molar refractivity (Wildman–Crippen MR) is 55.8 cm³/mol. The molecule has 0 aromatic heterocycles. The summed E-state index contributed by atoms with van der Waals surface area (Å²) in [5.41, 5.74) is -0.0965. The van der Waals surface area contributed by atoms with Crippen LogP contribution in [0.1, 0.15) is 18.4 Å². The molecule has 0 atom stereocenters. The molecule has 2 nitrogen and oxygen atoms in total. The third kappa shape index (κ3) is 2.43. The first-order chi connectivity index (χ1) is 8.09.